The molecule has 38 heavy (non-hydrogen) atoms. The molecule has 0 radical (unpaired) electrons. The van der Waals surface area contributed by atoms with E-state index in [1.165, 1.54) is 0 Å². The second kappa shape index (κ2) is 9.00. The molecule has 2 aromatic rings. The predicted octanol–water partition coefficient (Wildman–Crippen LogP) is 8.18. The molecule has 2 rings (SSSR count). The molecular weight excluding hydrogens is 661 g/mol. The van der Waals surface area contributed by atoms with Crippen LogP contribution in [-0.4, -0.2) is 34.7 Å². The molecule has 2 nitrogen and oxygen atoms in total. The van der Waals surface area contributed by atoms with Crippen molar-refractivity contribution in [3.8, 4) is 11.4 Å². The minimum absolute atomic E-state index is 1.73. The van der Waals surface area contributed by atoms with Crippen LogP contribution in [0.1, 0.15) is 11.1 Å². The van der Waals surface area contributed by atoms with Crippen LogP contribution in [0.5, 0.6) is 0 Å². The van der Waals surface area contributed by atoms with Gasteiger partial charge >= 0.3 is 36.0 Å². The number of halogens is 20. The zero-order valence-electron chi connectivity index (χ0n) is 16.5. The van der Waals surface area contributed by atoms with Crippen LogP contribution in [0.2, 0.25) is 0 Å². The van der Waals surface area contributed by atoms with Gasteiger partial charge in [-0.25, -0.2) is 36.3 Å². The van der Waals surface area contributed by atoms with Gasteiger partial charge in [0.1, 0.15) is 16.0 Å². The van der Waals surface area contributed by atoms with Gasteiger partial charge in [0.05, 0.1) is 11.1 Å². The molecule has 0 aliphatic rings. The van der Waals surface area contributed by atoms with Gasteiger partial charge in [-0.15, -0.1) is 0 Å². The summed E-state index contributed by atoms with van der Waals surface area (Å²) in [5, 5.41) is 0. The average Bonchev–Trinajstić information content (AvgIpc) is 2.70. The monoisotopic (exact) mass is 660 g/mol. The van der Waals surface area contributed by atoms with E-state index < -0.39 is 92.4 Å². The maximum Gasteiger partial charge on any atom is 0.436 e. The largest absolute Gasteiger partial charge is 0.436 e. The van der Waals surface area contributed by atoms with E-state index in [4.69, 9.17) is 0 Å². The summed E-state index contributed by atoms with van der Waals surface area (Å²) < 4.78 is 254. The molecule has 0 fully saturated rings. The van der Waals surface area contributed by atoms with Crippen LogP contribution in [0.15, 0.2) is 4.60 Å². The van der Waals surface area contributed by atoms with Gasteiger partial charge in [-0.05, 0) is 15.9 Å². The highest BCUT2D eigenvalue weighted by molar-refractivity contribution is 9.10. The first-order valence-corrected chi connectivity index (χ1v) is 9.22. The van der Waals surface area contributed by atoms with Crippen LogP contribution >= 0.6 is 15.9 Å². The third-order valence-electron chi connectivity index (χ3n) is 4.55. The molecule has 0 spiro atoms. The number of alkyl halides is 14. The molecule has 0 aliphatic heterocycles. The van der Waals surface area contributed by atoms with E-state index in [1.807, 2.05) is 4.98 Å². The Morgan fingerprint density at radius 1 is 0.421 bits per heavy atom. The fourth-order valence-corrected chi connectivity index (χ4v) is 3.21. The maximum absolute atomic E-state index is 14.7. The second-order valence-corrected chi connectivity index (χ2v) is 7.57. The molecule has 0 aliphatic carbocycles. The van der Waals surface area contributed by atoms with Crippen LogP contribution in [0.3, 0.4) is 0 Å². The first-order valence-electron chi connectivity index (χ1n) is 8.42. The highest BCUT2D eigenvalue weighted by Gasteiger charge is 2.77. The van der Waals surface area contributed by atoms with Crippen LogP contribution < -0.4 is 0 Å². The van der Waals surface area contributed by atoms with E-state index in [0.717, 1.165) is 0 Å². The quantitative estimate of drug-likeness (QED) is 0.245. The minimum Gasteiger partial charge on any atom is -0.233 e. The third-order valence-corrected chi connectivity index (χ3v) is 5.08. The number of pyridine rings is 2. The summed E-state index contributed by atoms with van der Waals surface area (Å²) in [5.74, 6) is -17.6. The standard InChI is InChI=1S/C16BrF19N2/c17-9-5(20)1(11(23,13(25,26)27)14(28,29)30)3(18)7(37-9)8-4(19)2(6(21)10(22)38-8)12(24,15(31,32)33)16(34,35)36. The summed E-state index contributed by atoms with van der Waals surface area (Å²) in [6, 6.07) is 0. The summed E-state index contributed by atoms with van der Waals surface area (Å²) in [6.07, 6.45) is -29.5. The van der Waals surface area contributed by atoms with Gasteiger partial charge in [-0.1, -0.05) is 0 Å². The van der Waals surface area contributed by atoms with Crippen LogP contribution in [-0.2, 0) is 11.3 Å². The highest BCUT2D eigenvalue weighted by atomic mass is 79.9. The van der Waals surface area contributed by atoms with E-state index in [0.29, 0.717) is 0 Å². The van der Waals surface area contributed by atoms with Crippen molar-refractivity contribution in [1.82, 2.24) is 9.97 Å². The molecule has 2 heterocycles. The van der Waals surface area contributed by atoms with E-state index >= 15 is 0 Å². The fourth-order valence-electron chi connectivity index (χ4n) is 2.84. The number of nitrogens with zero attached hydrogens (tertiary/aromatic N) is 2. The highest BCUT2D eigenvalue weighted by Crippen LogP contribution is 2.57. The van der Waals surface area contributed by atoms with Crippen molar-refractivity contribution in [3.63, 3.8) is 0 Å². The van der Waals surface area contributed by atoms with Crippen molar-refractivity contribution in [2.75, 3.05) is 0 Å². The van der Waals surface area contributed by atoms with Gasteiger partial charge in [0.15, 0.2) is 23.3 Å². The van der Waals surface area contributed by atoms with E-state index in [9.17, 15) is 83.4 Å². The summed E-state index contributed by atoms with van der Waals surface area (Å²) in [6.45, 7) is 0. The van der Waals surface area contributed by atoms with Crippen LogP contribution in [0.25, 0.3) is 11.4 Å². The molecule has 2 aromatic heterocycles. The molecule has 0 unspecified atom stereocenters. The van der Waals surface area contributed by atoms with Gasteiger partial charge in [0.2, 0.25) is 5.95 Å². The van der Waals surface area contributed by atoms with Crippen molar-refractivity contribution in [2.45, 2.75) is 36.0 Å². The average molecular weight is 661 g/mol. The Hall–Kier alpha value is -2.55. The Morgan fingerprint density at radius 2 is 0.711 bits per heavy atom. The summed E-state index contributed by atoms with van der Waals surface area (Å²) in [4.78, 5) is 4.26. The van der Waals surface area contributed by atoms with Gasteiger partial charge in [-0.2, -0.15) is 57.1 Å². The molecule has 0 amide bonds. The van der Waals surface area contributed by atoms with Crippen molar-refractivity contribution in [2.24, 2.45) is 0 Å². The molecule has 0 atom stereocenters. The second-order valence-electron chi connectivity index (χ2n) is 6.82. The number of hydrogen-bond acceptors (Lipinski definition) is 2. The maximum atomic E-state index is 14.7. The molecule has 0 aromatic carbocycles. The number of hydrogen-bond donors (Lipinski definition) is 0. The Labute approximate surface area is 202 Å². The lowest BCUT2D eigenvalue weighted by Crippen LogP contribution is -2.52. The predicted molar refractivity (Wildman–Crippen MR) is 84.7 cm³/mol. The summed E-state index contributed by atoms with van der Waals surface area (Å²) in [5.41, 5.74) is -27.8. The lowest BCUT2D eigenvalue weighted by Gasteiger charge is -2.32. The van der Waals surface area contributed by atoms with Crippen molar-refractivity contribution >= 4 is 15.9 Å². The molecule has 0 saturated carbocycles. The molecule has 22 heteroatoms. The Morgan fingerprint density at radius 3 is 1.03 bits per heavy atom. The van der Waals surface area contributed by atoms with Crippen LogP contribution in [0.4, 0.5) is 83.4 Å². The zero-order chi connectivity index (χ0) is 30.2. The molecular formula is C16BrF19N2. The van der Waals surface area contributed by atoms with Gasteiger partial charge in [-0.3, -0.25) is 0 Å². The molecule has 0 saturated heterocycles. The van der Waals surface area contributed by atoms with Crippen LogP contribution in [0, 0.1) is 29.2 Å². The van der Waals surface area contributed by atoms with Gasteiger partial charge < -0.3 is 0 Å². The zero-order valence-corrected chi connectivity index (χ0v) is 18.0. The molecule has 0 N–H and O–H groups in total. The Bertz CT molecular complexity index is 1130. The lowest BCUT2D eigenvalue weighted by molar-refractivity contribution is -0.351. The number of rotatable bonds is 3. The van der Waals surface area contributed by atoms with E-state index in [-0.39, 0.29) is 0 Å². The van der Waals surface area contributed by atoms with Gasteiger partial charge in [0.25, 0.3) is 0 Å². The lowest BCUT2D eigenvalue weighted by atomic mass is 9.90. The number of aromatic nitrogens is 2. The van der Waals surface area contributed by atoms with E-state index in [2.05, 4.69) is 4.98 Å². The first-order chi connectivity index (χ1) is 16.7. The smallest absolute Gasteiger partial charge is 0.233 e. The third kappa shape index (κ3) is 4.40. The van der Waals surface area contributed by atoms with Crippen molar-refractivity contribution in [1.29, 1.82) is 0 Å². The topological polar surface area (TPSA) is 25.8 Å². The molecule has 214 valence electrons. The summed E-state index contributed by atoms with van der Waals surface area (Å²) in [7, 11) is 0. The van der Waals surface area contributed by atoms with Gasteiger partial charge in [0, 0.05) is 0 Å². The fraction of sp³-hybridized carbons (Fsp3) is 0.375. The van der Waals surface area contributed by atoms with E-state index in [1.54, 1.807) is 15.9 Å². The molecule has 0 bridgehead atoms. The SMILES string of the molecule is Fc1nc(-c2nc(Br)c(F)c(C(F)(C(F)(F)F)C(F)(F)F)c2F)c(F)c(C(F)(C(F)(F)F)C(F)(F)F)c1F. The minimum atomic E-state index is -7.40. The Balaban J connectivity index is 3.20. The summed E-state index contributed by atoms with van der Waals surface area (Å²) >= 11 is 1.73. The Kier molecular flexibility index (Phi) is 7.50. The normalized spacial score (nSPS) is 14.3. The van der Waals surface area contributed by atoms with Crippen molar-refractivity contribution < 1.29 is 83.4 Å². The van der Waals surface area contributed by atoms with Crippen molar-refractivity contribution in [3.05, 3.63) is 44.9 Å². The first kappa shape index (κ1) is 31.7.